The van der Waals surface area contributed by atoms with Gasteiger partial charge in [0.05, 0.1) is 3.79 Å². The Morgan fingerprint density at radius 1 is 1.71 bits per heavy atom. The molecule has 0 N–H and O–H groups in total. The van der Waals surface area contributed by atoms with Gasteiger partial charge in [0, 0.05) is 0 Å². The topological polar surface area (TPSA) is 0 Å². The van der Waals surface area contributed by atoms with Gasteiger partial charge in [0.2, 0.25) is 0 Å². The molecule has 0 aromatic carbocycles. The van der Waals surface area contributed by atoms with Crippen LogP contribution in [-0.4, -0.2) is 23.1 Å². The molecular weight excluding hydrogens is 184 g/mol. The molecule has 0 aliphatic heterocycles. The van der Waals surface area contributed by atoms with Crippen molar-refractivity contribution in [2.75, 3.05) is 0 Å². The Labute approximate surface area is 74.2 Å². The fraction of sp³-hybridized carbons (Fsp3) is 0. The first-order chi connectivity index (χ1) is 2.89. The molecule has 0 bridgehead atoms. The van der Waals surface area contributed by atoms with Crippen LogP contribution >= 0.6 is 27.3 Å². The van der Waals surface area contributed by atoms with Crippen LogP contribution in [0.1, 0.15) is 2.85 Å². The molecule has 36 valence electrons. The molecule has 1 aromatic rings. The Balaban J connectivity index is -0.000000120. The Morgan fingerprint density at radius 3 is 2.57 bits per heavy atom. The average molecular weight is 189 g/mol. The van der Waals surface area contributed by atoms with E-state index in [-0.39, 0.29) is 25.9 Å². The van der Waals surface area contributed by atoms with Gasteiger partial charge < -0.3 is 2.85 Å². The van der Waals surface area contributed by atoms with E-state index in [1.807, 2.05) is 17.5 Å². The Bertz CT molecular complexity index is 122. The largest absolute Gasteiger partial charge is 2.00 e. The number of thiophene rings is 1. The van der Waals surface area contributed by atoms with Crippen molar-refractivity contribution in [3.8, 4) is 0 Å². The van der Waals surface area contributed by atoms with Crippen LogP contribution in [-0.2, 0) is 0 Å². The zero-order valence-electron chi connectivity index (χ0n) is 5.73. The van der Waals surface area contributed by atoms with Crippen molar-refractivity contribution < 1.29 is 2.85 Å². The molecule has 0 saturated heterocycles. The summed E-state index contributed by atoms with van der Waals surface area (Å²) in [5, 5.41) is 2.03. The molecule has 0 fully saturated rings. The summed E-state index contributed by atoms with van der Waals surface area (Å²) >= 11 is 4.99. The van der Waals surface area contributed by atoms with Gasteiger partial charge in [-0.2, -0.15) is 0 Å². The van der Waals surface area contributed by atoms with E-state index in [0.29, 0.717) is 0 Å². The molecule has 1 rings (SSSR count). The van der Waals surface area contributed by atoms with Gasteiger partial charge in [-0.15, -0.1) is 11.3 Å². The van der Waals surface area contributed by atoms with Crippen LogP contribution in [0.5, 0.6) is 0 Å². The van der Waals surface area contributed by atoms with E-state index in [9.17, 15) is 0 Å². The van der Waals surface area contributed by atoms with Crippen molar-refractivity contribution in [3.63, 3.8) is 0 Å². The van der Waals surface area contributed by atoms with E-state index in [2.05, 4.69) is 15.9 Å². The first-order valence-corrected chi connectivity index (χ1v) is 3.26. The van der Waals surface area contributed by atoms with E-state index in [1.54, 1.807) is 11.3 Å². The summed E-state index contributed by atoms with van der Waals surface area (Å²) in [5.74, 6) is 0. The molecule has 0 atom stereocenters. The molecule has 7 heavy (non-hydrogen) atoms. The van der Waals surface area contributed by atoms with E-state index in [4.69, 9.17) is 0 Å². The second-order valence-corrected chi connectivity index (χ2v) is 3.24. The molecule has 0 amide bonds. The van der Waals surface area contributed by atoms with Crippen molar-refractivity contribution in [1.29, 1.82) is 0 Å². The summed E-state index contributed by atoms with van der Waals surface area (Å²) < 4.78 is 1.20. The van der Waals surface area contributed by atoms with Crippen molar-refractivity contribution in [2.24, 2.45) is 0 Å². The zero-order valence-corrected chi connectivity index (χ0v) is 7.54. The molecule has 3 heteroatoms. The third kappa shape index (κ3) is 2.69. The van der Waals surface area contributed by atoms with Crippen molar-refractivity contribution in [1.82, 2.24) is 0 Å². The first kappa shape index (κ1) is 7.95. The average Bonchev–Trinajstić information content (AvgIpc) is 1.86. The van der Waals surface area contributed by atoms with Crippen LogP contribution in [0.25, 0.3) is 0 Å². The Hall–Kier alpha value is 0.946. The smallest absolute Gasteiger partial charge is 1.00 e. The monoisotopic (exact) mass is 188 g/mol. The Morgan fingerprint density at radius 2 is 2.43 bits per heavy atom. The molecule has 0 aliphatic rings. The maximum atomic E-state index is 3.30. The number of halogens is 1. The standard InChI is InChI=1S/C4H3BrS.Mg.2H/c5-4-2-1-3-6-4;;;/h1-3H;;;/q;+2;2*-1. The summed E-state index contributed by atoms with van der Waals surface area (Å²) in [6, 6.07) is 4.03. The number of hydrogen-bond acceptors (Lipinski definition) is 1. The Kier molecular flexibility index (Phi) is 4.42. The van der Waals surface area contributed by atoms with Crippen LogP contribution < -0.4 is 0 Å². The number of rotatable bonds is 0. The van der Waals surface area contributed by atoms with E-state index in [0.717, 1.165) is 0 Å². The minimum absolute atomic E-state index is 0. The molecule has 0 nitrogen and oxygen atoms in total. The van der Waals surface area contributed by atoms with E-state index < -0.39 is 0 Å². The van der Waals surface area contributed by atoms with Gasteiger partial charge in [0.1, 0.15) is 0 Å². The van der Waals surface area contributed by atoms with Gasteiger partial charge in [-0.05, 0) is 27.4 Å². The predicted molar refractivity (Wildman–Crippen MR) is 40.0 cm³/mol. The summed E-state index contributed by atoms with van der Waals surface area (Å²) in [5.41, 5.74) is 0. The van der Waals surface area contributed by atoms with E-state index >= 15 is 0 Å². The normalized spacial score (nSPS) is 7.57. The van der Waals surface area contributed by atoms with Gasteiger partial charge in [-0.25, -0.2) is 0 Å². The molecule has 0 saturated carbocycles. The van der Waals surface area contributed by atoms with Gasteiger partial charge in [0.15, 0.2) is 0 Å². The summed E-state index contributed by atoms with van der Waals surface area (Å²) in [6.07, 6.45) is 0. The van der Waals surface area contributed by atoms with Crippen LogP contribution in [0.3, 0.4) is 0 Å². The summed E-state index contributed by atoms with van der Waals surface area (Å²) in [6.45, 7) is 0. The molecule has 1 aromatic heterocycles. The molecule has 1 heterocycles. The third-order valence-electron chi connectivity index (χ3n) is 0.486. The van der Waals surface area contributed by atoms with Gasteiger partial charge in [0.25, 0.3) is 0 Å². The maximum Gasteiger partial charge on any atom is 2.00 e. The first-order valence-electron chi connectivity index (χ1n) is 1.58. The fourth-order valence-corrected chi connectivity index (χ4v) is 1.18. The number of hydrogen-bond donors (Lipinski definition) is 0. The van der Waals surface area contributed by atoms with Gasteiger partial charge in [-0.3, -0.25) is 0 Å². The second-order valence-electron chi connectivity index (χ2n) is 0.917. The molecule has 0 spiro atoms. The summed E-state index contributed by atoms with van der Waals surface area (Å²) in [4.78, 5) is 0. The van der Waals surface area contributed by atoms with Crippen LogP contribution in [0.2, 0.25) is 0 Å². The fourth-order valence-electron chi connectivity index (χ4n) is 0.259. The minimum atomic E-state index is 0. The molecule has 0 radical (unpaired) electrons. The molecular formula is C4H5BrMgS. The van der Waals surface area contributed by atoms with Crippen molar-refractivity contribution >= 4 is 50.3 Å². The van der Waals surface area contributed by atoms with Crippen LogP contribution in [0, 0.1) is 0 Å². The van der Waals surface area contributed by atoms with Crippen LogP contribution in [0.15, 0.2) is 21.3 Å². The van der Waals surface area contributed by atoms with Crippen molar-refractivity contribution in [3.05, 3.63) is 21.3 Å². The molecule has 0 unspecified atom stereocenters. The SMILES string of the molecule is Brc1cccs1.[H-].[H-].[Mg+2]. The quantitative estimate of drug-likeness (QED) is 0.550. The van der Waals surface area contributed by atoms with E-state index in [1.165, 1.54) is 3.79 Å². The second kappa shape index (κ2) is 3.89. The zero-order chi connectivity index (χ0) is 4.41. The van der Waals surface area contributed by atoms with Crippen LogP contribution in [0.4, 0.5) is 0 Å². The third-order valence-corrected chi connectivity index (χ3v) is 1.97. The van der Waals surface area contributed by atoms with Gasteiger partial charge in [-0.1, -0.05) is 6.07 Å². The summed E-state index contributed by atoms with van der Waals surface area (Å²) in [7, 11) is 0. The van der Waals surface area contributed by atoms with Crippen molar-refractivity contribution in [2.45, 2.75) is 0 Å². The van der Waals surface area contributed by atoms with Gasteiger partial charge >= 0.3 is 23.1 Å². The maximum absolute atomic E-state index is 3.30. The molecule has 0 aliphatic carbocycles. The minimum Gasteiger partial charge on any atom is -1.00 e. The predicted octanol–water partition coefficient (Wildman–Crippen LogP) is 2.35.